The number of rotatable bonds is 10. The van der Waals surface area contributed by atoms with Crippen LogP contribution in [0.15, 0.2) is 60.9 Å². The van der Waals surface area contributed by atoms with E-state index in [0.29, 0.717) is 24.5 Å². The molecule has 0 aliphatic heterocycles. The van der Waals surface area contributed by atoms with E-state index in [-0.39, 0.29) is 12.5 Å². The normalized spacial score (nSPS) is 11.2. The van der Waals surface area contributed by atoms with Gasteiger partial charge in [-0.1, -0.05) is 37.6 Å². The van der Waals surface area contributed by atoms with Gasteiger partial charge in [0, 0.05) is 41.4 Å². The summed E-state index contributed by atoms with van der Waals surface area (Å²) in [6, 6.07) is 15.2. The van der Waals surface area contributed by atoms with Gasteiger partial charge in [-0.15, -0.1) is 0 Å². The Morgan fingerprint density at radius 3 is 2.61 bits per heavy atom. The summed E-state index contributed by atoms with van der Waals surface area (Å²) in [7, 11) is 0. The maximum Gasteiger partial charge on any atom is 0.303 e. The van der Waals surface area contributed by atoms with Crippen molar-refractivity contribution in [3.8, 4) is 22.6 Å². The second-order valence-electron chi connectivity index (χ2n) is 7.43. The lowest BCUT2D eigenvalue weighted by molar-refractivity contribution is -0.136. The van der Waals surface area contributed by atoms with E-state index >= 15 is 0 Å². The summed E-state index contributed by atoms with van der Waals surface area (Å²) in [4.78, 5) is 14.9. The molecule has 0 fully saturated rings. The molecule has 5 nitrogen and oxygen atoms in total. The Morgan fingerprint density at radius 1 is 1.15 bits per heavy atom. The minimum absolute atomic E-state index is 0.0625. The first-order valence-electron chi connectivity index (χ1n) is 11.2. The van der Waals surface area contributed by atoms with Crippen molar-refractivity contribution < 1.29 is 19.4 Å². The smallest absolute Gasteiger partial charge is 0.303 e. The third-order valence-corrected chi connectivity index (χ3v) is 5.19. The van der Waals surface area contributed by atoms with E-state index in [4.69, 9.17) is 26.2 Å². The van der Waals surface area contributed by atoms with Gasteiger partial charge in [0.1, 0.15) is 11.5 Å². The molecule has 2 aromatic carbocycles. The average molecular weight is 470 g/mol. The van der Waals surface area contributed by atoms with Crippen LogP contribution in [0.2, 0.25) is 5.02 Å². The van der Waals surface area contributed by atoms with Crippen LogP contribution in [0.25, 0.3) is 11.1 Å². The topological polar surface area (TPSA) is 68.7 Å². The molecule has 1 atom stereocenters. The molecule has 1 unspecified atom stereocenters. The second-order valence-corrected chi connectivity index (χ2v) is 7.87. The van der Waals surface area contributed by atoms with E-state index in [2.05, 4.69) is 4.98 Å². The van der Waals surface area contributed by atoms with Crippen LogP contribution in [0, 0.1) is 6.92 Å². The number of ether oxygens (including phenoxy) is 2. The van der Waals surface area contributed by atoms with Crippen LogP contribution in [0.4, 0.5) is 0 Å². The molecule has 0 spiro atoms. The molecule has 1 heterocycles. The van der Waals surface area contributed by atoms with Gasteiger partial charge in [0.15, 0.2) is 0 Å². The van der Waals surface area contributed by atoms with E-state index < -0.39 is 5.97 Å². The first-order chi connectivity index (χ1) is 15.9. The van der Waals surface area contributed by atoms with Crippen LogP contribution in [0.5, 0.6) is 11.5 Å². The number of hydrogen-bond acceptors (Lipinski definition) is 4. The molecule has 0 radical (unpaired) electrons. The van der Waals surface area contributed by atoms with Crippen molar-refractivity contribution in [1.29, 1.82) is 0 Å². The standard InChI is InChI=1S/C25H26ClNO4.C2H6/c1-17-14-22(8-5-19(17)6-10-25(28)29)30-13-11-18(2)31-24-9-7-21(26)15-23(24)20-4-3-12-27-16-20;1-2/h3-5,7-9,12,14-16,18H,6,10-11,13H2,1-2H3,(H,28,29);1-2H3. The lowest BCUT2D eigenvalue weighted by Crippen LogP contribution is -2.16. The number of pyridine rings is 1. The molecule has 0 amide bonds. The summed E-state index contributed by atoms with van der Waals surface area (Å²) in [6.07, 6.45) is 4.81. The first kappa shape index (κ1) is 26.2. The fourth-order valence-corrected chi connectivity index (χ4v) is 3.42. The van der Waals surface area contributed by atoms with E-state index in [9.17, 15) is 4.79 Å². The number of carbonyl (C=O) groups is 1. The van der Waals surface area contributed by atoms with Crippen molar-refractivity contribution in [2.24, 2.45) is 0 Å². The first-order valence-corrected chi connectivity index (χ1v) is 11.6. The van der Waals surface area contributed by atoms with E-state index in [1.54, 1.807) is 12.4 Å². The zero-order valence-corrected chi connectivity index (χ0v) is 20.4. The van der Waals surface area contributed by atoms with Crippen LogP contribution in [-0.4, -0.2) is 28.8 Å². The van der Waals surface area contributed by atoms with Crippen molar-refractivity contribution in [2.75, 3.05) is 6.61 Å². The largest absolute Gasteiger partial charge is 0.493 e. The number of carboxylic acid groups (broad SMARTS) is 1. The van der Waals surface area contributed by atoms with E-state index in [1.807, 2.05) is 76.2 Å². The molecule has 176 valence electrons. The van der Waals surface area contributed by atoms with E-state index in [0.717, 1.165) is 33.8 Å². The van der Waals surface area contributed by atoms with Gasteiger partial charge < -0.3 is 14.6 Å². The fourth-order valence-electron chi connectivity index (χ4n) is 3.25. The summed E-state index contributed by atoms with van der Waals surface area (Å²) >= 11 is 6.19. The number of halogens is 1. The highest BCUT2D eigenvalue weighted by Gasteiger charge is 2.12. The number of aromatic nitrogens is 1. The van der Waals surface area contributed by atoms with Gasteiger partial charge in [0.05, 0.1) is 12.7 Å². The molecule has 6 heteroatoms. The molecular weight excluding hydrogens is 438 g/mol. The highest BCUT2D eigenvalue weighted by molar-refractivity contribution is 6.31. The molecular formula is C27H32ClNO4. The Bertz CT molecular complexity index is 1020. The van der Waals surface area contributed by atoms with Crippen molar-refractivity contribution in [2.45, 2.75) is 53.1 Å². The minimum atomic E-state index is -0.791. The SMILES string of the molecule is CC.Cc1cc(OCCC(C)Oc2ccc(Cl)cc2-c2cccnc2)ccc1CCC(=O)O. The Morgan fingerprint density at radius 2 is 1.94 bits per heavy atom. The van der Waals surface area contributed by atoms with Gasteiger partial charge in [-0.3, -0.25) is 9.78 Å². The second kappa shape index (κ2) is 13.5. The van der Waals surface area contributed by atoms with Crippen molar-refractivity contribution in [1.82, 2.24) is 4.98 Å². The molecule has 0 aliphatic carbocycles. The molecule has 1 N–H and O–H groups in total. The van der Waals surface area contributed by atoms with Crippen LogP contribution < -0.4 is 9.47 Å². The third-order valence-electron chi connectivity index (χ3n) is 4.96. The number of benzene rings is 2. The van der Waals surface area contributed by atoms with Crippen LogP contribution >= 0.6 is 11.6 Å². The Balaban J connectivity index is 0.00000187. The predicted octanol–water partition coefficient (Wildman–Crippen LogP) is 6.99. The van der Waals surface area contributed by atoms with Gasteiger partial charge in [-0.05, 0) is 67.8 Å². The number of aliphatic carboxylic acids is 1. The highest BCUT2D eigenvalue weighted by atomic mass is 35.5. The molecule has 0 aliphatic rings. The maximum atomic E-state index is 10.8. The minimum Gasteiger partial charge on any atom is -0.493 e. The Labute approximate surface area is 201 Å². The van der Waals surface area contributed by atoms with Crippen LogP contribution in [0.3, 0.4) is 0 Å². The maximum absolute atomic E-state index is 10.8. The van der Waals surface area contributed by atoms with Crippen LogP contribution in [0.1, 0.15) is 44.7 Å². The lowest BCUT2D eigenvalue weighted by Gasteiger charge is -2.18. The molecule has 1 aromatic heterocycles. The monoisotopic (exact) mass is 469 g/mol. The summed E-state index contributed by atoms with van der Waals surface area (Å²) in [5.74, 6) is 0.732. The highest BCUT2D eigenvalue weighted by Crippen LogP contribution is 2.33. The summed E-state index contributed by atoms with van der Waals surface area (Å²) in [5.41, 5.74) is 3.91. The zero-order valence-electron chi connectivity index (χ0n) is 19.7. The quantitative estimate of drug-likeness (QED) is 0.346. The van der Waals surface area contributed by atoms with Gasteiger partial charge in [0.2, 0.25) is 0 Å². The average Bonchev–Trinajstić information content (AvgIpc) is 2.81. The van der Waals surface area contributed by atoms with Gasteiger partial charge in [0.25, 0.3) is 0 Å². The van der Waals surface area contributed by atoms with Gasteiger partial charge in [-0.2, -0.15) is 0 Å². The lowest BCUT2D eigenvalue weighted by atomic mass is 10.0. The van der Waals surface area contributed by atoms with Gasteiger partial charge in [-0.25, -0.2) is 0 Å². The molecule has 0 saturated heterocycles. The molecule has 3 aromatic rings. The predicted molar refractivity (Wildman–Crippen MR) is 133 cm³/mol. The van der Waals surface area contributed by atoms with Crippen molar-refractivity contribution in [3.63, 3.8) is 0 Å². The van der Waals surface area contributed by atoms with Crippen molar-refractivity contribution >= 4 is 17.6 Å². The Hall–Kier alpha value is -3.05. The van der Waals surface area contributed by atoms with Crippen LogP contribution in [-0.2, 0) is 11.2 Å². The fraction of sp³-hybridized carbons (Fsp3) is 0.333. The number of hydrogen-bond donors (Lipinski definition) is 1. The molecule has 0 bridgehead atoms. The number of carboxylic acids is 1. The summed E-state index contributed by atoms with van der Waals surface area (Å²) in [5, 5.41) is 9.49. The molecule has 0 saturated carbocycles. The van der Waals surface area contributed by atoms with Gasteiger partial charge >= 0.3 is 5.97 Å². The molecule has 3 rings (SSSR count). The molecule has 33 heavy (non-hydrogen) atoms. The Kier molecular flexibility index (Phi) is 10.7. The zero-order chi connectivity index (χ0) is 24.2. The third kappa shape index (κ3) is 8.43. The van der Waals surface area contributed by atoms with E-state index in [1.165, 1.54) is 0 Å². The summed E-state index contributed by atoms with van der Waals surface area (Å²) in [6.45, 7) is 8.48. The number of nitrogens with zero attached hydrogens (tertiary/aromatic N) is 1. The summed E-state index contributed by atoms with van der Waals surface area (Å²) < 4.78 is 12.1. The number of aryl methyl sites for hydroxylation is 2. The van der Waals surface area contributed by atoms with Crippen molar-refractivity contribution in [3.05, 3.63) is 77.1 Å².